The number of thiophene rings is 1. The van der Waals surface area contributed by atoms with Crippen LogP contribution in [0.5, 0.6) is 0 Å². The monoisotopic (exact) mass is 339 g/mol. The highest BCUT2D eigenvalue weighted by Crippen LogP contribution is 2.32. The molecule has 0 unspecified atom stereocenters. The van der Waals surface area contributed by atoms with Crippen LogP contribution in [-0.4, -0.2) is 31.0 Å². The highest BCUT2D eigenvalue weighted by atomic mass is 32.1. The summed E-state index contributed by atoms with van der Waals surface area (Å²) >= 11 is 1.76. The smallest absolute Gasteiger partial charge is 0.158 e. The average Bonchev–Trinajstić information content (AvgIpc) is 3.29. The number of rotatable bonds is 4. The van der Waals surface area contributed by atoms with E-state index < -0.39 is 0 Å². The summed E-state index contributed by atoms with van der Waals surface area (Å²) in [6.45, 7) is 4.12. The van der Waals surface area contributed by atoms with E-state index in [9.17, 15) is 0 Å². The molecule has 4 heterocycles. The Morgan fingerprint density at radius 2 is 2.25 bits per heavy atom. The standard InChI is InChI=1S/C18H21N5S/c1-13-10-15(18-19-6-8-22(18)2)21-17(20-13)16-4-3-7-23(16)11-14-5-9-24-12-14/h5-6,8-10,12,16H,3-4,7,11H2,1-2H3/t16-/m1/s1. The minimum atomic E-state index is 0.295. The first kappa shape index (κ1) is 15.5. The maximum atomic E-state index is 4.86. The van der Waals surface area contributed by atoms with Gasteiger partial charge in [-0.05, 0) is 54.8 Å². The van der Waals surface area contributed by atoms with E-state index in [-0.39, 0.29) is 0 Å². The summed E-state index contributed by atoms with van der Waals surface area (Å²) in [7, 11) is 2.00. The van der Waals surface area contributed by atoms with Crippen LogP contribution in [0.3, 0.4) is 0 Å². The van der Waals surface area contributed by atoms with Crippen molar-refractivity contribution >= 4 is 11.3 Å². The molecule has 0 radical (unpaired) electrons. The van der Waals surface area contributed by atoms with Crippen molar-refractivity contribution in [3.05, 3.63) is 52.4 Å². The van der Waals surface area contributed by atoms with Gasteiger partial charge in [0.1, 0.15) is 11.5 Å². The topological polar surface area (TPSA) is 46.8 Å². The van der Waals surface area contributed by atoms with E-state index in [1.807, 2.05) is 37.0 Å². The molecule has 0 aromatic carbocycles. The lowest BCUT2D eigenvalue weighted by molar-refractivity contribution is 0.240. The molecule has 6 heteroatoms. The molecule has 1 atom stereocenters. The van der Waals surface area contributed by atoms with E-state index in [2.05, 4.69) is 26.7 Å². The maximum absolute atomic E-state index is 4.86. The second kappa shape index (κ2) is 6.45. The first-order chi connectivity index (χ1) is 11.7. The van der Waals surface area contributed by atoms with Gasteiger partial charge in [-0.1, -0.05) is 0 Å². The number of aryl methyl sites for hydroxylation is 2. The summed E-state index contributed by atoms with van der Waals surface area (Å²) in [4.78, 5) is 16.5. The molecule has 1 saturated heterocycles. The van der Waals surface area contributed by atoms with Crippen LogP contribution in [0.1, 0.15) is 36.0 Å². The Kier molecular flexibility index (Phi) is 4.16. The van der Waals surface area contributed by atoms with Crippen molar-refractivity contribution in [3.8, 4) is 11.5 Å². The van der Waals surface area contributed by atoms with Crippen molar-refractivity contribution in [2.75, 3.05) is 6.54 Å². The van der Waals surface area contributed by atoms with Crippen LogP contribution in [0, 0.1) is 6.92 Å². The lowest BCUT2D eigenvalue weighted by atomic mass is 10.2. The molecule has 0 N–H and O–H groups in total. The molecule has 5 nitrogen and oxygen atoms in total. The van der Waals surface area contributed by atoms with E-state index in [1.165, 1.54) is 12.0 Å². The van der Waals surface area contributed by atoms with Crippen LogP contribution in [0.25, 0.3) is 11.5 Å². The van der Waals surface area contributed by atoms with Gasteiger partial charge in [0, 0.05) is 31.7 Å². The highest BCUT2D eigenvalue weighted by Gasteiger charge is 2.29. The minimum absolute atomic E-state index is 0.295. The zero-order valence-electron chi connectivity index (χ0n) is 14.0. The molecule has 124 valence electrons. The number of likely N-dealkylation sites (tertiary alicyclic amines) is 1. The molecule has 0 saturated carbocycles. The fourth-order valence-corrected chi connectivity index (χ4v) is 4.05. The number of hydrogen-bond donors (Lipinski definition) is 0. The Morgan fingerprint density at radius 3 is 3.00 bits per heavy atom. The molecule has 3 aromatic heterocycles. The van der Waals surface area contributed by atoms with Crippen molar-refractivity contribution < 1.29 is 0 Å². The van der Waals surface area contributed by atoms with Crippen molar-refractivity contribution in [1.82, 2.24) is 24.4 Å². The summed E-state index contributed by atoms with van der Waals surface area (Å²) in [6, 6.07) is 4.52. The van der Waals surface area contributed by atoms with Crippen LogP contribution < -0.4 is 0 Å². The SMILES string of the molecule is Cc1cc(-c2nccn2C)nc([C@H]2CCCN2Cc2ccsc2)n1. The van der Waals surface area contributed by atoms with E-state index >= 15 is 0 Å². The van der Waals surface area contributed by atoms with Gasteiger partial charge in [-0.2, -0.15) is 11.3 Å². The van der Waals surface area contributed by atoms with Gasteiger partial charge in [-0.15, -0.1) is 0 Å². The first-order valence-corrected chi connectivity index (χ1v) is 9.23. The summed E-state index contributed by atoms with van der Waals surface area (Å²) in [6.07, 6.45) is 6.08. The van der Waals surface area contributed by atoms with E-state index in [4.69, 9.17) is 9.97 Å². The number of imidazole rings is 1. The second-order valence-corrected chi connectivity index (χ2v) is 7.15. The first-order valence-electron chi connectivity index (χ1n) is 8.29. The normalized spacial score (nSPS) is 18.3. The van der Waals surface area contributed by atoms with Crippen LogP contribution >= 0.6 is 11.3 Å². The molecule has 24 heavy (non-hydrogen) atoms. The fraction of sp³-hybridized carbons (Fsp3) is 0.389. The van der Waals surface area contributed by atoms with Gasteiger partial charge in [-0.3, -0.25) is 4.90 Å². The Hall–Kier alpha value is -2.05. The van der Waals surface area contributed by atoms with Gasteiger partial charge in [0.05, 0.1) is 6.04 Å². The number of aromatic nitrogens is 4. The van der Waals surface area contributed by atoms with Crippen molar-refractivity contribution in [1.29, 1.82) is 0 Å². The predicted octanol–water partition coefficient (Wildman–Crippen LogP) is 3.58. The number of hydrogen-bond acceptors (Lipinski definition) is 5. The summed E-state index contributed by atoms with van der Waals surface area (Å²) in [5.41, 5.74) is 3.29. The Bertz CT molecular complexity index is 824. The molecule has 3 aromatic rings. The lowest BCUT2D eigenvalue weighted by Crippen LogP contribution is -2.24. The molecule has 1 fully saturated rings. The van der Waals surface area contributed by atoms with Crippen molar-refractivity contribution in [3.63, 3.8) is 0 Å². The quantitative estimate of drug-likeness (QED) is 0.729. The summed E-state index contributed by atoms with van der Waals surface area (Å²) in [5, 5.41) is 4.37. The Labute approximate surface area is 146 Å². The third-order valence-electron chi connectivity index (χ3n) is 4.55. The van der Waals surface area contributed by atoms with Crippen LogP contribution in [0.2, 0.25) is 0 Å². The Balaban J connectivity index is 1.65. The molecule has 1 aliphatic heterocycles. The van der Waals surface area contributed by atoms with Crippen molar-refractivity contribution in [2.45, 2.75) is 32.4 Å². The summed E-state index contributed by atoms with van der Waals surface area (Å²) in [5.74, 6) is 1.82. The molecule has 0 bridgehead atoms. The van der Waals surface area contributed by atoms with Gasteiger partial charge in [-0.25, -0.2) is 15.0 Å². The van der Waals surface area contributed by atoms with Gasteiger partial charge in [0.2, 0.25) is 0 Å². The molecule has 0 amide bonds. The third kappa shape index (κ3) is 2.99. The van der Waals surface area contributed by atoms with Crippen LogP contribution in [0.15, 0.2) is 35.3 Å². The average molecular weight is 339 g/mol. The highest BCUT2D eigenvalue weighted by molar-refractivity contribution is 7.07. The van der Waals surface area contributed by atoms with Gasteiger partial charge in [0.25, 0.3) is 0 Å². The maximum Gasteiger partial charge on any atom is 0.158 e. The van der Waals surface area contributed by atoms with Gasteiger partial charge in [0.15, 0.2) is 5.82 Å². The molecular weight excluding hydrogens is 318 g/mol. The Morgan fingerprint density at radius 1 is 1.33 bits per heavy atom. The minimum Gasteiger partial charge on any atom is -0.333 e. The van der Waals surface area contributed by atoms with E-state index in [0.717, 1.165) is 42.5 Å². The molecule has 0 spiro atoms. The van der Waals surface area contributed by atoms with Crippen molar-refractivity contribution in [2.24, 2.45) is 7.05 Å². The third-order valence-corrected chi connectivity index (χ3v) is 5.28. The molecule has 4 rings (SSSR count). The molecule has 0 aliphatic carbocycles. The predicted molar refractivity (Wildman–Crippen MR) is 95.7 cm³/mol. The van der Waals surface area contributed by atoms with E-state index in [1.54, 1.807) is 11.3 Å². The van der Waals surface area contributed by atoms with Gasteiger partial charge >= 0.3 is 0 Å². The van der Waals surface area contributed by atoms with Crippen LogP contribution in [0.4, 0.5) is 0 Å². The number of nitrogens with zero attached hydrogens (tertiary/aromatic N) is 5. The molecule has 1 aliphatic rings. The fourth-order valence-electron chi connectivity index (χ4n) is 3.39. The largest absolute Gasteiger partial charge is 0.333 e. The molecular formula is C18H21N5S. The second-order valence-electron chi connectivity index (χ2n) is 6.37. The zero-order chi connectivity index (χ0) is 16.5. The summed E-state index contributed by atoms with van der Waals surface area (Å²) < 4.78 is 2.00. The zero-order valence-corrected chi connectivity index (χ0v) is 14.8. The van der Waals surface area contributed by atoms with E-state index in [0.29, 0.717) is 6.04 Å². The van der Waals surface area contributed by atoms with Gasteiger partial charge < -0.3 is 4.57 Å². The lowest BCUT2D eigenvalue weighted by Gasteiger charge is -2.23. The van der Waals surface area contributed by atoms with Crippen LogP contribution in [-0.2, 0) is 13.6 Å².